The minimum absolute atomic E-state index is 0.147. The molecule has 3 aromatic rings. The minimum atomic E-state index is -1.68. The first kappa shape index (κ1) is 17.3. The highest BCUT2D eigenvalue weighted by Gasteiger charge is 2.43. The number of fused-ring (bicyclic) bond motifs is 1. The lowest BCUT2D eigenvalue weighted by molar-refractivity contribution is -0.138. The van der Waals surface area contributed by atoms with Gasteiger partial charge < -0.3 is 15.7 Å². The molecule has 0 bridgehead atoms. The Morgan fingerprint density at radius 2 is 2.24 bits per heavy atom. The van der Waals surface area contributed by atoms with Crippen molar-refractivity contribution in [1.82, 2.24) is 19.9 Å². The Kier molecular flexibility index (Phi) is 4.39. The molecule has 0 spiro atoms. The van der Waals surface area contributed by atoms with Crippen LogP contribution in [0.15, 0.2) is 55.4 Å². The Morgan fingerprint density at radius 3 is 3.07 bits per heavy atom. The number of hydrogen-bond donors (Lipinski definition) is 2. The second-order valence-electron chi connectivity index (χ2n) is 6.75. The molecule has 144 valence electrons. The van der Waals surface area contributed by atoms with Gasteiger partial charge in [0.2, 0.25) is 5.60 Å². The van der Waals surface area contributed by atoms with Gasteiger partial charge in [-0.1, -0.05) is 30.0 Å². The Bertz CT molecular complexity index is 1230. The molecule has 1 atom stereocenters. The van der Waals surface area contributed by atoms with E-state index in [1.54, 1.807) is 24.3 Å². The van der Waals surface area contributed by atoms with Crippen LogP contribution in [0.4, 0.5) is 5.82 Å². The van der Waals surface area contributed by atoms with Crippen LogP contribution in [0.1, 0.15) is 13.4 Å². The van der Waals surface area contributed by atoms with Crippen molar-refractivity contribution in [2.75, 3.05) is 18.8 Å². The van der Waals surface area contributed by atoms with E-state index in [0.717, 1.165) is 5.56 Å². The van der Waals surface area contributed by atoms with Gasteiger partial charge >= 0.3 is 0 Å². The van der Waals surface area contributed by atoms with E-state index in [1.807, 2.05) is 18.2 Å². The van der Waals surface area contributed by atoms with Gasteiger partial charge in [0.1, 0.15) is 13.2 Å². The van der Waals surface area contributed by atoms with Crippen molar-refractivity contribution < 1.29 is 11.3 Å². The summed E-state index contributed by atoms with van der Waals surface area (Å²) >= 11 is 0. The lowest BCUT2D eigenvalue weighted by Crippen LogP contribution is -2.38. The van der Waals surface area contributed by atoms with Crippen LogP contribution in [0.5, 0.6) is 0 Å². The third-order valence-corrected chi connectivity index (χ3v) is 4.76. The number of nitrogen functional groups attached to an aromatic ring is 1. The van der Waals surface area contributed by atoms with Crippen LogP contribution in [0.2, 0.25) is 0 Å². The molecule has 0 radical (unpaired) electrons. The van der Waals surface area contributed by atoms with Crippen LogP contribution in [-0.2, 0) is 4.79 Å². The predicted molar refractivity (Wildman–Crippen MR) is 110 cm³/mol. The summed E-state index contributed by atoms with van der Waals surface area (Å²) in [5, 5.41) is 10.6. The van der Waals surface area contributed by atoms with Crippen molar-refractivity contribution in [1.29, 1.82) is 0 Å². The number of hydrogen-bond acceptors (Lipinski definition) is 6. The lowest BCUT2D eigenvalue weighted by Gasteiger charge is -2.16. The van der Waals surface area contributed by atoms with Gasteiger partial charge in [-0.15, -0.1) is 6.58 Å². The summed E-state index contributed by atoms with van der Waals surface area (Å²) in [4.78, 5) is 26.3. The van der Waals surface area contributed by atoms with E-state index < -0.39 is 11.5 Å². The fourth-order valence-corrected chi connectivity index (χ4v) is 3.22. The fourth-order valence-electron chi connectivity index (χ4n) is 3.22. The highest BCUT2D eigenvalue weighted by atomic mass is 16.3. The smallest absolute Gasteiger partial charge is 0.267 e. The summed E-state index contributed by atoms with van der Waals surface area (Å²) in [6, 6.07) is 10.8. The Labute approximate surface area is 169 Å². The van der Waals surface area contributed by atoms with E-state index in [4.69, 9.17) is 7.10 Å². The summed E-state index contributed by atoms with van der Waals surface area (Å²) < 4.78 is 7.55. The molecule has 3 N–H and O–H groups in total. The Balaban J connectivity index is 1.65. The number of carbonyl (C=O) groups is 1. The Morgan fingerprint density at radius 1 is 1.38 bits per heavy atom. The van der Waals surface area contributed by atoms with Crippen LogP contribution >= 0.6 is 0 Å². The molecule has 4 rings (SSSR count). The summed E-state index contributed by atoms with van der Waals surface area (Å²) in [7, 11) is 0. The number of aliphatic hydroxyl groups is 1. The van der Waals surface area contributed by atoms with E-state index in [2.05, 4.69) is 33.4 Å². The lowest BCUT2D eigenvalue weighted by atomic mass is 10.0. The molecule has 1 amide bonds. The highest BCUT2D eigenvalue weighted by Crippen LogP contribution is 2.24. The minimum Gasteiger partial charge on any atom is -0.382 e. The topological polar surface area (TPSA) is 105 Å². The molecular weight excluding hydrogens is 366 g/mol. The van der Waals surface area contributed by atoms with Crippen molar-refractivity contribution in [2.24, 2.45) is 0 Å². The summed E-state index contributed by atoms with van der Waals surface area (Å²) in [6.07, 6.45) is 1.73. The van der Waals surface area contributed by atoms with Crippen LogP contribution in [0.25, 0.3) is 22.3 Å². The van der Waals surface area contributed by atoms with Crippen LogP contribution in [0, 0.1) is 11.8 Å². The maximum atomic E-state index is 12.4. The van der Waals surface area contributed by atoms with Gasteiger partial charge in [0, 0.05) is 30.6 Å². The van der Waals surface area contributed by atoms with Gasteiger partial charge in [0.15, 0.2) is 5.82 Å². The number of nitrogens with two attached hydrogens (primary N) is 1. The molecular formula is C22H19N5O2. The Hall–Kier alpha value is -3.76. The number of pyridine rings is 1. The number of nitrogens with zero attached hydrogens (tertiary/aromatic N) is 4. The van der Waals surface area contributed by atoms with Crippen molar-refractivity contribution in [3.05, 3.63) is 60.9 Å². The maximum Gasteiger partial charge on any atom is 0.267 e. The van der Waals surface area contributed by atoms with Gasteiger partial charge in [-0.25, -0.2) is 15.0 Å². The van der Waals surface area contributed by atoms with Gasteiger partial charge in [-0.05, 0) is 24.3 Å². The molecule has 1 aliphatic heterocycles. The molecule has 1 unspecified atom stereocenters. The van der Waals surface area contributed by atoms with E-state index in [-0.39, 0.29) is 18.5 Å². The average Bonchev–Trinajstić information content (AvgIpc) is 3.01. The van der Waals surface area contributed by atoms with Crippen molar-refractivity contribution in [3.8, 4) is 23.1 Å². The number of anilines is 1. The van der Waals surface area contributed by atoms with E-state index in [0.29, 0.717) is 35.4 Å². The summed E-state index contributed by atoms with van der Waals surface area (Å²) in [5.41, 5.74) is 7.20. The molecule has 1 aliphatic rings. The predicted octanol–water partition coefficient (Wildman–Crippen LogP) is 1.77. The molecule has 0 saturated carbocycles. The number of likely N-dealkylation sites (tertiary alicyclic amines) is 1. The summed E-state index contributed by atoms with van der Waals surface area (Å²) in [6.45, 7) is 4.46. The molecule has 7 heteroatoms. The number of aromatic nitrogens is 3. The van der Waals surface area contributed by atoms with Crippen molar-refractivity contribution in [2.45, 2.75) is 12.0 Å². The molecule has 1 fully saturated rings. The fraction of sp³-hybridized carbons (Fsp3) is 0.182. The van der Waals surface area contributed by atoms with E-state index in [1.165, 1.54) is 4.90 Å². The zero-order chi connectivity index (χ0) is 21.3. The maximum absolute atomic E-state index is 12.4. The highest BCUT2D eigenvalue weighted by molar-refractivity contribution is 5.91. The molecule has 1 aromatic carbocycles. The van der Waals surface area contributed by atoms with E-state index >= 15 is 0 Å². The molecule has 7 nitrogen and oxygen atoms in total. The number of benzene rings is 1. The summed E-state index contributed by atoms with van der Waals surface area (Å²) in [5.74, 6) is 5.40. The zero-order valence-corrected chi connectivity index (χ0v) is 15.6. The third kappa shape index (κ3) is 3.53. The molecule has 2 aromatic heterocycles. The quantitative estimate of drug-likeness (QED) is 0.525. The van der Waals surface area contributed by atoms with E-state index in [9.17, 15) is 9.90 Å². The van der Waals surface area contributed by atoms with Crippen molar-refractivity contribution in [3.63, 3.8) is 0 Å². The van der Waals surface area contributed by atoms with Crippen molar-refractivity contribution >= 4 is 22.8 Å². The second kappa shape index (κ2) is 7.34. The van der Waals surface area contributed by atoms with Gasteiger partial charge in [-0.3, -0.25) is 4.79 Å². The average molecular weight is 386 g/mol. The first-order chi connectivity index (χ1) is 14.4. The molecule has 29 heavy (non-hydrogen) atoms. The van der Waals surface area contributed by atoms with Crippen LogP contribution in [-0.4, -0.2) is 49.6 Å². The second-order valence-corrected chi connectivity index (χ2v) is 6.75. The first-order valence-corrected chi connectivity index (χ1v) is 9.07. The molecule has 3 heterocycles. The number of amides is 1. The largest absolute Gasteiger partial charge is 0.382 e. The van der Waals surface area contributed by atoms with Crippen LogP contribution in [0.3, 0.4) is 0 Å². The van der Waals surface area contributed by atoms with Gasteiger partial charge in [-0.2, -0.15) is 0 Å². The number of rotatable bonds is 3. The normalized spacial score (nSPS) is 19.0. The van der Waals surface area contributed by atoms with Gasteiger partial charge in [0.05, 0.1) is 11.2 Å². The zero-order valence-electron chi connectivity index (χ0n) is 16.6. The van der Waals surface area contributed by atoms with Gasteiger partial charge in [0.25, 0.3) is 5.91 Å². The third-order valence-electron chi connectivity index (χ3n) is 4.76. The molecule has 1 saturated heterocycles. The monoisotopic (exact) mass is 386 g/mol. The molecule has 0 aliphatic carbocycles. The number of carbonyl (C=O) groups excluding carboxylic acids is 1. The first-order valence-electron chi connectivity index (χ1n) is 9.57. The SMILES string of the molecule is [2H]c1nc(N)c2nc(-c3cccc(C#CC4(O)CCN(CC=C)C4=O)c3)ccc2n1. The van der Waals surface area contributed by atoms with Crippen LogP contribution < -0.4 is 5.73 Å². The standard InChI is InChI=1S/C22H19N5O2/c1-2-11-27-12-10-22(29,21(27)28)9-8-15-4-3-5-16(13-15)17-6-7-18-19(26-17)20(23)25-14-24-18/h2-7,13-14,29H,1,10-12H2,(H2,23,24,25)/i14D.